The van der Waals surface area contributed by atoms with Crippen LogP contribution in [0.1, 0.15) is 13.3 Å². The normalized spacial score (nSPS) is 27.6. The summed E-state index contributed by atoms with van der Waals surface area (Å²) in [7, 11) is 3.68. The molecule has 0 aromatic rings. The minimum atomic E-state index is -0.0214. The second-order valence-corrected chi connectivity index (χ2v) is 6.18. The van der Waals surface area contributed by atoms with Gasteiger partial charge in [0.25, 0.3) is 0 Å². The number of rotatable bonds is 5. The lowest BCUT2D eigenvalue weighted by molar-refractivity contribution is -0.148. The fourth-order valence-corrected chi connectivity index (χ4v) is 3.35. The van der Waals surface area contributed by atoms with Gasteiger partial charge in [0, 0.05) is 39.3 Å². The van der Waals surface area contributed by atoms with E-state index in [1.165, 1.54) is 7.11 Å². The summed E-state index contributed by atoms with van der Waals surface area (Å²) in [5, 5.41) is 0. The zero-order valence-electron chi connectivity index (χ0n) is 13.2. The van der Waals surface area contributed by atoms with E-state index in [4.69, 9.17) is 4.74 Å². The number of likely N-dealkylation sites (tertiary alicyclic amines) is 1. The van der Waals surface area contributed by atoms with Crippen molar-refractivity contribution in [3.63, 3.8) is 0 Å². The van der Waals surface area contributed by atoms with Gasteiger partial charge in [-0.2, -0.15) is 0 Å². The third-order valence-corrected chi connectivity index (χ3v) is 4.88. The topological polar surface area (TPSA) is 36.0 Å². The second kappa shape index (κ2) is 7.38. The van der Waals surface area contributed by atoms with Gasteiger partial charge in [-0.05, 0) is 32.5 Å². The molecular weight excluding hydrogens is 254 g/mol. The number of carbonyl (C=O) groups is 1. The van der Waals surface area contributed by atoms with E-state index in [1.54, 1.807) is 0 Å². The molecule has 2 fully saturated rings. The summed E-state index contributed by atoms with van der Waals surface area (Å²) in [5.41, 5.74) is 0. The van der Waals surface area contributed by atoms with E-state index < -0.39 is 0 Å². The summed E-state index contributed by atoms with van der Waals surface area (Å²) < 4.78 is 5.06. The number of esters is 1. The number of hydrogen-bond acceptors (Lipinski definition) is 5. The van der Waals surface area contributed by atoms with Crippen LogP contribution < -0.4 is 0 Å². The molecule has 2 rings (SSSR count). The molecule has 2 heterocycles. The lowest BCUT2D eigenvalue weighted by Gasteiger charge is -2.35. The third-order valence-electron chi connectivity index (χ3n) is 4.88. The Balaban J connectivity index is 1.92. The molecule has 2 unspecified atom stereocenters. The van der Waals surface area contributed by atoms with E-state index in [9.17, 15) is 4.79 Å². The van der Waals surface area contributed by atoms with Gasteiger partial charge >= 0.3 is 5.97 Å². The maximum absolute atomic E-state index is 12.2. The SMILES string of the molecule is CCN1CCC(C(CN2CCN(C)CC2)C(=O)OC)C1. The summed E-state index contributed by atoms with van der Waals surface area (Å²) >= 11 is 0. The van der Waals surface area contributed by atoms with Crippen LogP contribution in [0.15, 0.2) is 0 Å². The minimum absolute atomic E-state index is 0.0214. The van der Waals surface area contributed by atoms with Gasteiger partial charge in [-0.25, -0.2) is 0 Å². The fourth-order valence-electron chi connectivity index (χ4n) is 3.35. The van der Waals surface area contributed by atoms with Crippen LogP contribution in [0.3, 0.4) is 0 Å². The van der Waals surface area contributed by atoms with Gasteiger partial charge in [0.05, 0.1) is 13.0 Å². The number of ether oxygens (including phenoxy) is 1. The number of methoxy groups -OCH3 is 1. The first kappa shape index (κ1) is 15.7. The van der Waals surface area contributed by atoms with Crippen molar-refractivity contribution in [2.24, 2.45) is 11.8 Å². The van der Waals surface area contributed by atoms with Crippen LogP contribution in [0.4, 0.5) is 0 Å². The standard InChI is InChI=1S/C15H29N3O2/c1-4-17-6-5-13(11-17)14(15(19)20-3)12-18-9-7-16(2)8-10-18/h13-14H,4-12H2,1-3H3. The zero-order chi connectivity index (χ0) is 14.5. The highest BCUT2D eigenvalue weighted by molar-refractivity contribution is 5.73. The Morgan fingerprint density at radius 3 is 2.45 bits per heavy atom. The van der Waals surface area contributed by atoms with Crippen molar-refractivity contribution in [3.8, 4) is 0 Å². The quantitative estimate of drug-likeness (QED) is 0.681. The molecule has 0 aliphatic carbocycles. The maximum Gasteiger partial charge on any atom is 0.310 e. The first-order valence-electron chi connectivity index (χ1n) is 7.85. The van der Waals surface area contributed by atoms with E-state index >= 15 is 0 Å². The van der Waals surface area contributed by atoms with Crippen LogP contribution in [0.2, 0.25) is 0 Å². The molecule has 0 bridgehead atoms. The molecule has 2 aliphatic heterocycles. The van der Waals surface area contributed by atoms with Gasteiger partial charge in [-0.15, -0.1) is 0 Å². The zero-order valence-corrected chi connectivity index (χ0v) is 13.2. The van der Waals surface area contributed by atoms with E-state index in [2.05, 4.69) is 28.7 Å². The first-order valence-corrected chi connectivity index (χ1v) is 7.85. The summed E-state index contributed by atoms with van der Waals surface area (Å²) in [6.07, 6.45) is 1.13. The number of piperazine rings is 1. The number of carbonyl (C=O) groups excluding carboxylic acids is 1. The van der Waals surface area contributed by atoms with Gasteiger partial charge in [-0.3, -0.25) is 9.69 Å². The number of likely N-dealkylation sites (N-methyl/N-ethyl adjacent to an activating group) is 1. The van der Waals surface area contributed by atoms with Crippen molar-refractivity contribution < 1.29 is 9.53 Å². The van der Waals surface area contributed by atoms with E-state index in [0.717, 1.165) is 58.8 Å². The molecule has 5 nitrogen and oxygen atoms in total. The average Bonchev–Trinajstić information content (AvgIpc) is 2.94. The minimum Gasteiger partial charge on any atom is -0.469 e. The Kier molecular flexibility index (Phi) is 5.81. The van der Waals surface area contributed by atoms with Crippen LogP contribution >= 0.6 is 0 Å². The summed E-state index contributed by atoms with van der Waals surface area (Å²) in [6, 6.07) is 0. The fraction of sp³-hybridized carbons (Fsp3) is 0.933. The molecule has 0 N–H and O–H groups in total. The molecule has 0 amide bonds. The number of hydrogen-bond donors (Lipinski definition) is 0. The Morgan fingerprint density at radius 1 is 1.20 bits per heavy atom. The van der Waals surface area contributed by atoms with Crippen LogP contribution in [0.5, 0.6) is 0 Å². The molecule has 0 radical (unpaired) electrons. The summed E-state index contributed by atoms with van der Waals surface area (Å²) in [5.74, 6) is 0.480. The van der Waals surface area contributed by atoms with Gasteiger partial charge in [0.1, 0.15) is 0 Å². The molecule has 0 spiro atoms. The molecule has 20 heavy (non-hydrogen) atoms. The largest absolute Gasteiger partial charge is 0.469 e. The van der Waals surface area contributed by atoms with Gasteiger partial charge in [0.2, 0.25) is 0 Å². The highest BCUT2D eigenvalue weighted by atomic mass is 16.5. The number of nitrogens with zero attached hydrogens (tertiary/aromatic N) is 3. The molecule has 2 aliphatic rings. The van der Waals surface area contributed by atoms with Crippen LogP contribution in [-0.2, 0) is 9.53 Å². The van der Waals surface area contributed by atoms with Crippen molar-refractivity contribution in [2.45, 2.75) is 13.3 Å². The Labute approximate surface area is 122 Å². The smallest absolute Gasteiger partial charge is 0.310 e. The molecule has 0 aromatic carbocycles. The summed E-state index contributed by atoms with van der Waals surface area (Å²) in [6.45, 7) is 10.6. The van der Waals surface area contributed by atoms with Crippen LogP contribution in [0, 0.1) is 11.8 Å². The molecule has 0 aromatic heterocycles. The Morgan fingerprint density at radius 2 is 1.90 bits per heavy atom. The summed E-state index contributed by atoms with van der Waals surface area (Å²) in [4.78, 5) is 19.4. The highest BCUT2D eigenvalue weighted by Gasteiger charge is 2.35. The molecule has 5 heteroatoms. The van der Waals surface area contributed by atoms with Gasteiger partial charge < -0.3 is 14.5 Å². The second-order valence-electron chi connectivity index (χ2n) is 6.18. The Bertz CT molecular complexity index is 316. The van der Waals surface area contributed by atoms with Crippen molar-refractivity contribution in [1.82, 2.24) is 14.7 Å². The van der Waals surface area contributed by atoms with Crippen LogP contribution in [0.25, 0.3) is 0 Å². The predicted octanol–water partition coefficient (Wildman–Crippen LogP) is 0.365. The molecular formula is C15H29N3O2. The van der Waals surface area contributed by atoms with Crippen molar-refractivity contribution in [1.29, 1.82) is 0 Å². The van der Waals surface area contributed by atoms with Crippen molar-refractivity contribution in [2.75, 3.05) is 66.5 Å². The molecule has 2 saturated heterocycles. The van der Waals surface area contributed by atoms with Crippen molar-refractivity contribution >= 4 is 5.97 Å². The third kappa shape index (κ3) is 3.93. The first-order chi connectivity index (χ1) is 9.63. The van der Waals surface area contributed by atoms with Crippen molar-refractivity contribution in [3.05, 3.63) is 0 Å². The average molecular weight is 283 g/mol. The van der Waals surface area contributed by atoms with Gasteiger partial charge in [0.15, 0.2) is 0 Å². The monoisotopic (exact) mass is 283 g/mol. The molecule has 116 valence electrons. The lowest BCUT2D eigenvalue weighted by atomic mass is 9.90. The predicted molar refractivity (Wildman–Crippen MR) is 79.7 cm³/mol. The Hall–Kier alpha value is -0.650. The maximum atomic E-state index is 12.2. The van der Waals surface area contributed by atoms with E-state index in [0.29, 0.717) is 5.92 Å². The lowest BCUT2D eigenvalue weighted by Crippen LogP contribution is -2.48. The van der Waals surface area contributed by atoms with E-state index in [-0.39, 0.29) is 11.9 Å². The molecule has 2 atom stereocenters. The van der Waals surface area contributed by atoms with Crippen LogP contribution in [-0.4, -0.2) is 87.2 Å². The highest BCUT2D eigenvalue weighted by Crippen LogP contribution is 2.26. The van der Waals surface area contributed by atoms with E-state index in [1.807, 2.05) is 0 Å². The van der Waals surface area contributed by atoms with Gasteiger partial charge in [-0.1, -0.05) is 6.92 Å². The molecule has 0 saturated carbocycles.